The molecule has 2 saturated heterocycles. The first kappa shape index (κ1) is 18.0. The second kappa shape index (κ2) is 6.95. The molecule has 27 heavy (non-hydrogen) atoms. The highest BCUT2D eigenvalue weighted by Crippen LogP contribution is 2.30. The van der Waals surface area contributed by atoms with Crippen molar-refractivity contribution in [2.45, 2.75) is 44.1 Å². The van der Waals surface area contributed by atoms with Crippen LogP contribution >= 0.6 is 0 Å². The summed E-state index contributed by atoms with van der Waals surface area (Å²) >= 11 is 0. The molecule has 1 aromatic carbocycles. The molecule has 9 heteroatoms. The van der Waals surface area contributed by atoms with Gasteiger partial charge >= 0.3 is 6.18 Å². The smallest absolute Gasteiger partial charge is 0.330 e. The highest BCUT2D eigenvalue weighted by Gasteiger charge is 2.39. The minimum absolute atomic E-state index is 0.124. The van der Waals surface area contributed by atoms with Gasteiger partial charge in [0.1, 0.15) is 0 Å². The second-order valence-electron chi connectivity index (χ2n) is 7.09. The maximum absolute atomic E-state index is 12.9. The highest BCUT2D eigenvalue weighted by atomic mass is 19.4. The normalized spacial score (nSPS) is 22.7. The molecular formula is C18H20F3N5O. The Hall–Kier alpha value is -2.42. The van der Waals surface area contributed by atoms with E-state index in [4.69, 9.17) is 0 Å². The summed E-state index contributed by atoms with van der Waals surface area (Å²) in [5.41, 5.74) is -0.0152. The third kappa shape index (κ3) is 3.69. The summed E-state index contributed by atoms with van der Waals surface area (Å²) in [7, 11) is 0. The van der Waals surface area contributed by atoms with Crippen LogP contribution in [0.5, 0.6) is 0 Å². The zero-order valence-electron chi connectivity index (χ0n) is 14.6. The first-order valence-corrected chi connectivity index (χ1v) is 9.01. The van der Waals surface area contributed by atoms with E-state index in [1.165, 1.54) is 16.9 Å². The Morgan fingerprint density at radius 2 is 2.04 bits per heavy atom. The molecule has 2 bridgehead atoms. The summed E-state index contributed by atoms with van der Waals surface area (Å²) < 4.78 is 39.9. The molecule has 2 aliphatic rings. The van der Waals surface area contributed by atoms with Crippen LogP contribution in [-0.4, -0.2) is 51.0 Å². The average molecular weight is 379 g/mol. The predicted molar refractivity (Wildman–Crippen MR) is 91.0 cm³/mol. The van der Waals surface area contributed by atoms with Gasteiger partial charge in [0.15, 0.2) is 5.69 Å². The van der Waals surface area contributed by atoms with Gasteiger partial charge in [0.05, 0.1) is 18.3 Å². The van der Waals surface area contributed by atoms with Crippen LogP contribution < -0.4 is 5.32 Å². The zero-order chi connectivity index (χ0) is 19.0. The van der Waals surface area contributed by atoms with Gasteiger partial charge in [0, 0.05) is 18.6 Å². The lowest BCUT2D eigenvalue weighted by Crippen LogP contribution is -2.42. The quantitative estimate of drug-likeness (QED) is 0.889. The Bertz CT molecular complexity index is 820. The number of carbonyl (C=O) groups excluding carboxylic acids is 1. The number of nitrogens with one attached hydrogen (secondary N) is 1. The number of fused-ring (bicyclic) bond motifs is 2. The van der Waals surface area contributed by atoms with Crippen LogP contribution in [0.25, 0.3) is 0 Å². The molecule has 0 saturated carbocycles. The topological polar surface area (TPSA) is 63.1 Å². The van der Waals surface area contributed by atoms with E-state index >= 15 is 0 Å². The Kier molecular flexibility index (Phi) is 4.63. The molecule has 3 heterocycles. The van der Waals surface area contributed by atoms with Crippen LogP contribution in [0.3, 0.4) is 0 Å². The van der Waals surface area contributed by atoms with E-state index in [1.807, 2.05) is 4.90 Å². The van der Waals surface area contributed by atoms with Crippen molar-refractivity contribution >= 4 is 5.91 Å². The molecule has 2 atom stereocenters. The van der Waals surface area contributed by atoms with E-state index in [2.05, 4.69) is 15.6 Å². The number of alkyl halides is 3. The van der Waals surface area contributed by atoms with Crippen molar-refractivity contribution < 1.29 is 18.0 Å². The Morgan fingerprint density at radius 1 is 1.22 bits per heavy atom. The average Bonchev–Trinajstić information content (AvgIpc) is 3.17. The fourth-order valence-electron chi connectivity index (χ4n) is 3.95. The number of amides is 1. The first-order valence-electron chi connectivity index (χ1n) is 9.01. The lowest BCUT2D eigenvalue weighted by molar-refractivity contribution is -0.137. The van der Waals surface area contributed by atoms with Gasteiger partial charge in [0.25, 0.3) is 5.91 Å². The van der Waals surface area contributed by atoms with E-state index in [-0.39, 0.29) is 30.2 Å². The van der Waals surface area contributed by atoms with E-state index < -0.39 is 11.7 Å². The number of nitrogens with zero attached hydrogens (tertiary/aromatic N) is 4. The molecule has 0 aliphatic carbocycles. The minimum Gasteiger partial charge on any atom is -0.330 e. The van der Waals surface area contributed by atoms with E-state index in [9.17, 15) is 18.0 Å². The lowest BCUT2D eigenvalue weighted by atomic mass is 10.1. The molecule has 2 aliphatic heterocycles. The largest absolute Gasteiger partial charge is 0.416 e. The number of halogens is 3. The summed E-state index contributed by atoms with van der Waals surface area (Å²) in [4.78, 5) is 14.8. The van der Waals surface area contributed by atoms with E-state index in [0.29, 0.717) is 5.56 Å². The van der Waals surface area contributed by atoms with Gasteiger partial charge < -0.3 is 10.2 Å². The van der Waals surface area contributed by atoms with Crippen molar-refractivity contribution in [3.63, 3.8) is 0 Å². The molecule has 1 amide bonds. The summed E-state index contributed by atoms with van der Waals surface area (Å²) in [6.07, 6.45) is 0.0127. The van der Waals surface area contributed by atoms with Crippen LogP contribution in [0.2, 0.25) is 0 Å². The van der Waals surface area contributed by atoms with Crippen molar-refractivity contribution in [1.82, 2.24) is 25.2 Å². The van der Waals surface area contributed by atoms with Crippen LogP contribution in [-0.2, 0) is 12.7 Å². The second-order valence-corrected chi connectivity index (χ2v) is 7.09. The molecule has 0 radical (unpaired) electrons. The van der Waals surface area contributed by atoms with Crippen LogP contribution in [0.4, 0.5) is 13.2 Å². The fourth-order valence-corrected chi connectivity index (χ4v) is 3.95. The van der Waals surface area contributed by atoms with Crippen molar-refractivity contribution in [1.29, 1.82) is 0 Å². The van der Waals surface area contributed by atoms with Gasteiger partial charge in [-0.05, 0) is 43.5 Å². The minimum atomic E-state index is -4.39. The van der Waals surface area contributed by atoms with Crippen molar-refractivity contribution in [2.24, 2.45) is 0 Å². The van der Waals surface area contributed by atoms with Gasteiger partial charge in [-0.25, -0.2) is 4.68 Å². The molecule has 4 rings (SSSR count). The third-order valence-corrected chi connectivity index (χ3v) is 5.25. The summed E-state index contributed by atoms with van der Waals surface area (Å²) in [6, 6.07) is 5.46. The number of aromatic nitrogens is 3. The first-order chi connectivity index (χ1) is 12.9. The molecule has 0 unspecified atom stereocenters. The van der Waals surface area contributed by atoms with E-state index in [1.54, 1.807) is 6.07 Å². The summed E-state index contributed by atoms with van der Waals surface area (Å²) in [5.74, 6) is -0.151. The molecular weight excluding hydrogens is 359 g/mol. The number of carbonyl (C=O) groups is 1. The Labute approximate surface area is 154 Å². The van der Waals surface area contributed by atoms with E-state index in [0.717, 1.165) is 44.5 Å². The number of rotatable bonds is 3. The highest BCUT2D eigenvalue weighted by molar-refractivity contribution is 5.92. The van der Waals surface area contributed by atoms with Crippen LogP contribution in [0, 0.1) is 0 Å². The number of benzene rings is 1. The molecule has 0 spiro atoms. The van der Waals surface area contributed by atoms with Crippen molar-refractivity contribution in [3.8, 4) is 0 Å². The van der Waals surface area contributed by atoms with Crippen LogP contribution in [0.15, 0.2) is 30.5 Å². The fraction of sp³-hybridized carbons (Fsp3) is 0.500. The van der Waals surface area contributed by atoms with Gasteiger partial charge in [0.2, 0.25) is 0 Å². The molecule has 2 fully saturated rings. The molecule has 2 aromatic rings. The van der Waals surface area contributed by atoms with Crippen molar-refractivity contribution in [3.05, 3.63) is 47.3 Å². The third-order valence-electron chi connectivity index (χ3n) is 5.25. The summed E-state index contributed by atoms with van der Waals surface area (Å²) in [6.45, 7) is 1.80. The van der Waals surface area contributed by atoms with Gasteiger partial charge in [-0.1, -0.05) is 17.3 Å². The van der Waals surface area contributed by atoms with Crippen molar-refractivity contribution in [2.75, 3.05) is 13.1 Å². The summed E-state index contributed by atoms with van der Waals surface area (Å²) in [5, 5.41) is 11.2. The zero-order valence-corrected chi connectivity index (χ0v) is 14.6. The number of hydrogen-bond acceptors (Lipinski definition) is 4. The standard InChI is InChI=1S/C18H20F3N5O/c19-18(20,21)13-3-1-2-12(8-13)10-25-11-16(23-24-25)17(27)26-14-4-5-15(26)9-22-7-6-14/h1-3,8,11,14-15,22H,4-7,9-10H2/t14-,15+/m0/s1. The molecule has 6 nitrogen and oxygen atoms in total. The molecule has 144 valence electrons. The molecule has 1 aromatic heterocycles. The molecule has 1 N–H and O–H groups in total. The van der Waals surface area contributed by atoms with Gasteiger partial charge in [-0.2, -0.15) is 13.2 Å². The SMILES string of the molecule is O=C(c1cn(Cc2cccc(C(F)(F)F)c2)nn1)N1[C@@H]2CCNC[C@H]1CC2. The Balaban J connectivity index is 1.50. The maximum Gasteiger partial charge on any atom is 0.416 e. The maximum atomic E-state index is 12.9. The van der Waals surface area contributed by atoms with Crippen LogP contribution in [0.1, 0.15) is 40.9 Å². The Morgan fingerprint density at radius 3 is 2.85 bits per heavy atom. The van der Waals surface area contributed by atoms with Gasteiger partial charge in [-0.15, -0.1) is 5.10 Å². The lowest BCUT2D eigenvalue weighted by Gasteiger charge is -2.26. The monoisotopic (exact) mass is 379 g/mol. The number of hydrogen-bond donors (Lipinski definition) is 1. The predicted octanol–water partition coefficient (Wildman–Crippen LogP) is 2.31. The van der Waals surface area contributed by atoms with Gasteiger partial charge in [-0.3, -0.25) is 4.79 Å².